The van der Waals surface area contributed by atoms with Crippen LogP contribution in [-0.4, -0.2) is 12.9 Å². The van der Waals surface area contributed by atoms with E-state index < -0.39 is 0 Å². The van der Waals surface area contributed by atoms with Crippen molar-refractivity contribution in [1.82, 2.24) is 0 Å². The molecule has 0 bridgehead atoms. The van der Waals surface area contributed by atoms with Crippen LogP contribution in [0.25, 0.3) is 0 Å². The molecule has 0 N–H and O–H groups in total. The Labute approximate surface area is 122 Å². The molecule has 0 aromatic heterocycles. The molecule has 1 heterocycles. The molecule has 1 aliphatic rings. The van der Waals surface area contributed by atoms with Crippen molar-refractivity contribution >= 4 is 17.4 Å². The number of hydrogen-bond donors (Lipinski definition) is 0. The first-order valence-corrected chi connectivity index (χ1v) is 6.70. The van der Waals surface area contributed by atoms with Crippen LogP contribution in [0.3, 0.4) is 0 Å². The summed E-state index contributed by atoms with van der Waals surface area (Å²) in [5, 5.41) is 0.418. The van der Waals surface area contributed by atoms with Crippen molar-refractivity contribution in [2.45, 2.75) is 12.5 Å². The van der Waals surface area contributed by atoms with Gasteiger partial charge >= 0.3 is 0 Å². The van der Waals surface area contributed by atoms with E-state index >= 15 is 0 Å². The first-order valence-electron chi connectivity index (χ1n) is 6.32. The van der Waals surface area contributed by atoms with Crippen molar-refractivity contribution in [2.75, 3.05) is 7.11 Å². The minimum absolute atomic E-state index is 0.0144. The lowest BCUT2D eigenvalue weighted by atomic mass is 9.95. The summed E-state index contributed by atoms with van der Waals surface area (Å²) < 4.78 is 11.1. The van der Waals surface area contributed by atoms with Gasteiger partial charge in [0.2, 0.25) is 0 Å². The first kappa shape index (κ1) is 13.0. The third-order valence-electron chi connectivity index (χ3n) is 3.37. The van der Waals surface area contributed by atoms with Crippen LogP contribution in [-0.2, 0) is 0 Å². The van der Waals surface area contributed by atoms with Crippen LogP contribution in [0.1, 0.15) is 28.4 Å². The van der Waals surface area contributed by atoms with Gasteiger partial charge in [-0.2, -0.15) is 0 Å². The first-order chi connectivity index (χ1) is 9.70. The van der Waals surface area contributed by atoms with Gasteiger partial charge in [-0.05, 0) is 17.7 Å². The third-order valence-corrected chi connectivity index (χ3v) is 3.66. The number of halogens is 1. The van der Waals surface area contributed by atoms with E-state index in [0.29, 0.717) is 22.1 Å². The van der Waals surface area contributed by atoms with E-state index in [9.17, 15) is 4.79 Å². The molecular weight excluding hydrogens is 276 g/mol. The van der Waals surface area contributed by atoms with E-state index in [1.165, 1.54) is 7.11 Å². The quantitative estimate of drug-likeness (QED) is 0.836. The van der Waals surface area contributed by atoms with E-state index in [1.54, 1.807) is 12.1 Å². The minimum Gasteiger partial charge on any atom is -0.494 e. The number of carbonyl (C=O) groups excluding carboxylic acids is 1. The highest BCUT2D eigenvalue weighted by molar-refractivity contribution is 6.33. The normalized spacial score (nSPS) is 17.3. The van der Waals surface area contributed by atoms with Crippen LogP contribution in [0.15, 0.2) is 42.5 Å². The van der Waals surface area contributed by atoms with Gasteiger partial charge < -0.3 is 9.47 Å². The Morgan fingerprint density at radius 1 is 1.20 bits per heavy atom. The largest absolute Gasteiger partial charge is 0.494 e. The summed E-state index contributed by atoms with van der Waals surface area (Å²) >= 11 is 6.05. The van der Waals surface area contributed by atoms with Gasteiger partial charge in [-0.25, -0.2) is 0 Å². The molecule has 1 atom stereocenters. The van der Waals surface area contributed by atoms with Crippen LogP contribution >= 0.6 is 11.6 Å². The average molecular weight is 289 g/mol. The number of rotatable bonds is 2. The summed E-state index contributed by atoms with van der Waals surface area (Å²) in [5.41, 5.74) is 1.42. The lowest BCUT2D eigenvalue weighted by Gasteiger charge is -2.26. The monoisotopic (exact) mass is 288 g/mol. The van der Waals surface area contributed by atoms with Crippen molar-refractivity contribution in [2.24, 2.45) is 0 Å². The summed E-state index contributed by atoms with van der Waals surface area (Å²) in [7, 11) is 1.50. The van der Waals surface area contributed by atoms with Gasteiger partial charge in [0.05, 0.1) is 18.6 Å². The van der Waals surface area contributed by atoms with Crippen molar-refractivity contribution in [3.8, 4) is 11.5 Å². The van der Waals surface area contributed by atoms with Crippen LogP contribution in [0, 0.1) is 0 Å². The second-order valence-corrected chi connectivity index (χ2v) is 5.01. The summed E-state index contributed by atoms with van der Waals surface area (Å²) in [4.78, 5) is 12.4. The van der Waals surface area contributed by atoms with Crippen molar-refractivity contribution in [1.29, 1.82) is 0 Å². The lowest BCUT2D eigenvalue weighted by molar-refractivity contribution is 0.0845. The van der Waals surface area contributed by atoms with E-state index in [1.807, 2.05) is 30.3 Å². The van der Waals surface area contributed by atoms with Gasteiger partial charge in [-0.1, -0.05) is 41.9 Å². The number of ether oxygens (including phenoxy) is 2. The molecule has 3 rings (SSSR count). The zero-order valence-corrected chi connectivity index (χ0v) is 11.7. The molecule has 0 saturated carbocycles. The summed E-state index contributed by atoms with van der Waals surface area (Å²) in [6.45, 7) is 0. The number of methoxy groups -OCH3 is 1. The Morgan fingerprint density at radius 2 is 1.95 bits per heavy atom. The Morgan fingerprint density at radius 3 is 2.65 bits per heavy atom. The Balaban J connectivity index is 2.03. The maximum absolute atomic E-state index is 12.4. The predicted octanol–water partition coefficient (Wildman–Crippen LogP) is 4.06. The van der Waals surface area contributed by atoms with E-state index in [-0.39, 0.29) is 18.3 Å². The molecule has 4 heteroatoms. The summed E-state index contributed by atoms with van der Waals surface area (Å²) in [6.07, 6.45) is 0.0235. The molecule has 1 unspecified atom stereocenters. The topological polar surface area (TPSA) is 35.5 Å². The zero-order valence-electron chi connectivity index (χ0n) is 10.9. The molecule has 0 aliphatic carbocycles. The number of Topliss-reactive ketones (excluding diaryl/α,β-unsaturated/α-hetero) is 1. The highest BCUT2D eigenvalue weighted by atomic mass is 35.5. The smallest absolute Gasteiger partial charge is 0.174 e. The summed E-state index contributed by atoms with van der Waals surface area (Å²) in [5.74, 6) is 0.900. The fourth-order valence-electron chi connectivity index (χ4n) is 2.42. The Hall–Kier alpha value is -2.00. The Kier molecular flexibility index (Phi) is 3.36. The number of fused-ring (bicyclic) bond motifs is 1. The maximum atomic E-state index is 12.4. The molecule has 20 heavy (non-hydrogen) atoms. The third kappa shape index (κ3) is 2.14. The molecule has 0 amide bonds. The van der Waals surface area contributed by atoms with E-state index in [2.05, 4.69) is 0 Å². The number of carbonyl (C=O) groups is 1. The van der Waals surface area contributed by atoms with Gasteiger partial charge in [-0.15, -0.1) is 0 Å². The lowest BCUT2D eigenvalue weighted by Crippen LogP contribution is -2.21. The number of benzene rings is 2. The van der Waals surface area contributed by atoms with Crippen molar-refractivity contribution in [3.63, 3.8) is 0 Å². The second-order valence-electron chi connectivity index (χ2n) is 4.60. The van der Waals surface area contributed by atoms with Crippen LogP contribution < -0.4 is 9.47 Å². The SMILES string of the molecule is COc1c(Cl)ccc2c1C(=O)CC(c1ccccc1)O2. The molecule has 0 spiro atoms. The second kappa shape index (κ2) is 5.17. The van der Waals surface area contributed by atoms with Crippen LogP contribution in [0.2, 0.25) is 5.02 Å². The minimum atomic E-state index is -0.262. The maximum Gasteiger partial charge on any atom is 0.174 e. The fourth-order valence-corrected chi connectivity index (χ4v) is 2.65. The van der Waals surface area contributed by atoms with Crippen molar-refractivity contribution < 1.29 is 14.3 Å². The Bertz CT molecular complexity index is 652. The molecule has 1 aliphatic heterocycles. The van der Waals surface area contributed by atoms with Crippen LogP contribution in [0.5, 0.6) is 11.5 Å². The molecule has 2 aromatic carbocycles. The van der Waals surface area contributed by atoms with Gasteiger partial charge in [-0.3, -0.25) is 4.79 Å². The summed E-state index contributed by atoms with van der Waals surface area (Å²) in [6, 6.07) is 13.1. The fraction of sp³-hybridized carbons (Fsp3) is 0.188. The molecular formula is C16H13ClO3. The zero-order chi connectivity index (χ0) is 14.1. The standard InChI is InChI=1S/C16H13ClO3/c1-19-16-11(17)7-8-13-15(16)12(18)9-14(20-13)10-5-3-2-4-6-10/h2-8,14H,9H2,1H3. The van der Waals surface area contributed by atoms with Gasteiger partial charge in [0.15, 0.2) is 11.5 Å². The highest BCUT2D eigenvalue weighted by Gasteiger charge is 2.31. The van der Waals surface area contributed by atoms with E-state index in [4.69, 9.17) is 21.1 Å². The predicted molar refractivity (Wildman–Crippen MR) is 76.8 cm³/mol. The molecule has 0 saturated heterocycles. The number of ketones is 1. The average Bonchev–Trinajstić information content (AvgIpc) is 2.48. The molecule has 2 aromatic rings. The molecule has 0 fully saturated rings. The van der Waals surface area contributed by atoms with Gasteiger partial charge in [0, 0.05) is 0 Å². The highest BCUT2D eigenvalue weighted by Crippen LogP contribution is 2.42. The molecule has 102 valence electrons. The van der Waals surface area contributed by atoms with Crippen molar-refractivity contribution in [3.05, 3.63) is 58.6 Å². The number of hydrogen-bond acceptors (Lipinski definition) is 3. The molecule has 0 radical (unpaired) electrons. The van der Waals surface area contributed by atoms with Crippen LogP contribution in [0.4, 0.5) is 0 Å². The molecule has 3 nitrogen and oxygen atoms in total. The van der Waals surface area contributed by atoms with Gasteiger partial charge in [0.25, 0.3) is 0 Å². The van der Waals surface area contributed by atoms with Gasteiger partial charge in [0.1, 0.15) is 17.4 Å². The van der Waals surface area contributed by atoms with E-state index in [0.717, 1.165) is 5.56 Å².